The summed E-state index contributed by atoms with van der Waals surface area (Å²) in [6.07, 6.45) is 4.05. The van der Waals surface area contributed by atoms with Crippen LogP contribution in [0.4, 0.5) is 0 Å². The highest BCUT2D eigenvalue weighted by Crippen LogP contribution is 2.18. The van der Waals surface area contributed by atoms with Gasteiger partial charge >= 0.3 is 0 Å². The molecule has 0 aliphatic heterocycles. The van der Waals surface area contributed by atoms with E-state index in [1.165, 1.54) is 0 Å². The molecular formula is C11H20O. The Kier molecular flexibility index (Phi) is 5.73. The van der Waals surface area contributed by atoms with Crippen molar-refractivity contribution in [3.63, 3.8) is 0 Å². The molecule has 0 radical (unpaired) electrons. The Morgan fingerprint density at radius 2 is 2.08 bits per heavy atom. The van der Waals surface area contributed by atoms with Gasteiger partial charge in [0.15, 0.2) is 0 Å². The Balaban J connectivity index is 3.72. The molecule has 12 heavy (non-hydrogen) atoms. The Morgan fingerprint density at radius 1 is 1.50 bits per heavy atom. The molecule has 0 amide bonds. The molecule has 1 nitrogen and oxygen atoms in total. The monoisotopic (exact) mass is 168 g/mol. The lowest BCUT2D eigenvalue weighted by molar-refractivity contribution is 0.235. The molecule has 0 spiro atoms. The van der Waals surface area contributed by atoms with Crippen LogP contribution in [0, 0.1) is 11.8 Å². The van der Waals surface area contributed by atoms with Gasteiger partial charge in [0, 0.05) is 12.5 Å². The molecule has 0 fully saturated rings. The minimum atomic E-state index is 0.221. The molecule has 0 rings (SSSR count). The molecule has 0 aliphatic rings. The van der Waals surface area contributed by atoms with Gasteiger partial charge in [-0.3, -0.25) is 0 Å². The molecule has 0 aliphatic carbocycles. The third-order valence-electron chi connectivity index (χ3n) is 2.29. The highest BCUT2D eigenvalue weighted by atomic mass is 16.3. The van der Waals surface area contributed by atoms with Gasteiger partial charge in [0.05, 0.1) is 0 Å². The Morgan fingerprint density at radius 3 is 2.42 bits per heavy atom. The van der Waals surface area contributed by atoms with E-state index in [1.807, 2.05) is 13.0 Å². The van der Waals surface area contributed by atoms with Gasteiger partial charge in [-0.2, -0.15) is 0 Å². The molecule has 0 aromatic rings. The first kappa shape index (κ1) is 11.4. The van der Waals surface area contributed by atoms with E-state index in [4.69, 9.17) is 5.11 Å². The first-order valence-electron chi connectivity index (χ1n) is 4.50. The van der Waals surface area contributed by atoms with Crippen molar-refractivity contribution in [1.82, 2.24) is 0 Å². The zero-order chi connectivity index (χ0) is 9.56. The zero-order valence-corrected chi connectivity index (χ0v) is 8.21. The summed E-state index contributed by atoms with van der Waals surface area (Å²) in [5.74, 6) is 0.811. The fourth-order valence-corrected chi connectivity index (χ4v) is 1.08. The highest BCUT2D eigenvalue weighted by Gasteiger charge is 2.08. The predicted octanol–water partition coefficient (Wildman–Crippen LogP) is 2.77. The van der Waals surface area contributed by atoms with Crippen molar-refractivity contribution >= 4 is 0 Å². The van der Waals surface area contributed by atoms with Crippen molar-refractivity contribution in [3.8, 4) is 0 Å². The summed E-state index contributed by atoms with van der Waals surface area (Å²) in [6, 6.07) is 0. The van der Waals surface area contributed by atoms with Crippen LogP contribution in [0.3, 0.4) is 0 Å². The van der Waals surface area contributed by atoms with E-state index in [9.17, 15) is 0 Å². The number of hydrogen-bond donors (Lipinski definition) is 1. The fraction of sp³-hybridized carbons (Fsp3) is 0.636. The second-order valence-corrected chi connectivity index (χ2v) is 3.52. The number of aliphatic hydroxyl groups excluding tert-OH is 1. The normalized spacial score (nSPS) is 15.2. The molecule has 0 aromatic heterocycles. The van der Waals surface area contributed by atoms with E-state index in [2.05, 4.69) is 20.1 Å². The van der Waals surface area contributed by atoms with E-state index in [0.29, 0.717) is 5.92 Å². The van der Waals surface area contributed by atoms with Gasteiger partial charge in [-0.15, -0.1) is 6.58 Å². The summed E-state index contributed by atoms with van der Waals surface area (Å²) in [5, 5.41) is 9.00. The van der Waals surface area contributed by atoms with Crippen molar-refractivity contribution in [2.75, 3.05) is 6.61 Å². The van der Waals surface area contributed by atoms with E-state index in [-0.39, 0.29) is 12.5 Å². The summed E-state index contributed by atoms with van der Waals surface area (Å²) >= 11 is 0. The third-order valence-corrected chi connectivity index (χ3v) is 2.29. The van der Waals surface area contributed by atoms with Crippen LogP contribution in [0.2, 0.25) is 0 Å². The number of aliphatic hydroxyl groups is 1. The van der Waals surface area contributed by atoms with E-state index < -0.39 is 0 Å². The molecule has 1 N–H and O–H groups in total. The molecule has 1 heteroatoms. The van der Waals surface area contributed by atoms with Crippen LogP contribution >= 0.6 is 0 Å². The summed E-state index contributed by atoms with van der Waals surface area (Å²) in [7, 11) is 0. The maximum Gasteiger partial charge on any atom is 0.0496 e. The Hall–Kier alpha value is -0.560. The Labute approximate surface area is 75.8 Å². The highest BCUT2D eigenvalue weighted by molar-refractivity contribution is 4.96. The van der Waals surface area contributed by atoms with Gasteiger partial charge in [-0.1, -0.05) is 25.2 Å². The molecule has 0 aromatic carbocycles. The van der Waals surface area contributed by atoms with Crippen molar-refractivity contribution < 1.29 is 5.11 Å². The third kappa shape index (κ3) is 4.35. The SMILES string of the molecule is C=CC(C)CCC(CO)C(=C)C. The number of hydrogen-bond acceptors (Lipinski definition) is 1. The van der Waals surface area contributed by atoms with E-state index in [1.54, 1.807) is 0 Å². The predicted molar refractivity (Wildman–Crippen MR) is 54.0 cm³/mol. The average Bonchev–Trinajstić information content (AvgIpc) is 2.04. The van der Waals surface area contributed by atoms with Crippen LogP contribution in [0.15, 0.2) is 24.8 Å². The van der Waals surface area contributed by atoms with Gasteiger partial charge in [0.25, 0.3) is 0 Å². The summed E-state index contributed by atoms with van der Waals surface area (Å²) < 4.78 is 0. The lowest BCUT2D eigenvalue weighted by Gasteiger charge is -2.15. The van der Waals surface area contributed by atoms with Crippen molar-refractivity contribution in [1.29, 1.82) is 0 Å². The minimum absolute atomic E-state index is 0.221. The van der Waals surface area contributed by atoms with Gasteiger partial charge < -0.3 is 5.11 Å². The number of allylic oxidation sites excluding steroid dienone is 1. The summed E-state index contributed by atoms with van der Waals surface area (Å²) in [4.78, 5) is 0. The standard InChI is InChI=1S/C11H20O/c1-5-10(4)6-7-11(8-12)9(2)3/h5,10-12H,1-2,6-8H2,3-4H3. The van der Waals surface area contributed by atoms with Gasteiger partial charge in [-0.05, 0) is 25.7 Å². The lowest BCUT2D eigenvalue weighted by atomic mass is 9.93. The quantitative estimate of drug-likeness (QED) is 0.605. The van der Waals surface area contributed by atoms with Crippen molar-refractivity contribution in [2.24, 2.45) is 11.8 Å². The van der Waals surface area contributed by atoms with Crippen LogP contribution in [0.25, 0.3) is 0 Å². The van der Waals surface area contributed by atoms with Gasteiger partial charge in [0.1, 0.15) is 0 Å². The minimum Gasteiger partial charge on any atom is -0.396 e. The largest absolute Gasteiger partial charge is 0.396 e. The lowest BCUT2D eigenvalue weighted by Crippen LogP contribution is -2.08. The Bertz CT molecular complexity index is 149. The fourth-order valence-electron chi connectivity index (χ4n) is 1.08. The molecule has 0 saturated carbocycles. The van der Waals surface area contributed by atoms with Crippen molar-refractivity contribution in [3.05, 3.63) is 24.8 Å². The molecule has 70 valence electrons. The maximum atomic E-state index is 9.00. The van der Waals surface area contributed by atoms with Crippen LogP contribution in [0.1, 0.15) is 26.7 Å². The van der Waals surface area contributed by atoms with Gasteiger partial charge in [0.2, 0.25) is 0 Å². The first-order chi connectivity index (χ1) is 5.61. The van der Waals surface area contributed by atoms with Crippen LogP contribution in [-0.4, -0.2) is 11.7 Å². The molecular weight excluding hydrogens is 148 g/mol. The molecule has 2 unspecified atom stereocenters. The topological polar surface area (TPSA) is 20.2 Å². The first-order valence-corrected chi connectivity index (χ1v) is 4.50. The molecule has 0 bridgehead atoms. The van der Waals surface area contributed by atoms with Crippen LogP contribution < -0.4 is 0 Å². The van der Waals surface area contributed by atoms with Crippen LogP contribution in [0.5, 0.6) is 0 Å². The van der Waals surface area contributed by atoms with Crippen LogP contribution in [-0.2, 0) is 0 Å². The van der Waals surface area contributed by atoms with Gasteiger partial charge in [-0.25, -0.2) is 0 Å². The molecule has 0 heterocycles. The zero-order valence-electron chi connectivity index (χ0n) is 8.21. The van der Waals surface area contributed by atoms with Crippen molar-refractivity contribution in [2.45, 2.75) is 26.7 Å². The average molecular weight is 168 g/mol. The molecule has 2 atom stereocenters. The molecule has 0 saturated heterocycles. The summed E-state index contributed by atoms with van der Waals surface area (Å²) in [6.45, 7) is 11.9. The van der Waals surface area contributed by atoms with E-state index in [0.717, 1.165) is 18.4 Å². The summed E-state index contributed by atoms with van der Waals surface area (Å²) in [5.41, 5.74) is 1.08. The number of rotatable bonds is 6. The van der Waals surface area contributed by atoms with E-state index >= 15 is 0 Å². The smallest absolute Gasteiger partial charge is 0.0496 e. The maximum absolute atomic E-state index is 9.00. The second-order valence-electron chi connectivity index (χ2n) is 3.52. The second kappa shape index (κ2) is 6.01.